The molecule has 7 nitrogen and oxygen atoms in total. The number of rotatable bonds is 3. The van der Waals surface area contributed by atoms with Gasteiger partial charge in [-0.3, -0.25) is 0 Å². The van der Waals surface area contributed by atoms with Crippen molar-refractivity contribution in [2.24, 2.45) is 0 Å². The van der Waals surface area contributed by atoms with Crippen LogP contribution in [0.2, 0.25) is 0 Å². The SMILES string of the molecule is O=c1n(Cc2cc(F)ccc2F)nc2c(N3CCOCC3)nccn12. The van der Waals surface area contributed by atoms with E-state index in [1.54, 1.807) is 0 Å². The van der Waals surface area contributed by atoms with Crippen molar-refractivity contribution in [1.29, 1.82) is 0 Å². The summed E-state index contributed by atoms with van der Waals surface area (Å²) in [6.45, 7) is 2.27. The first-order valence-electron chi connectivity index (χ1n) is 7.84. The van der Waals surface area contributed by atoms with Gasteiger partial charge in [-0.1, -0.05) is 0 Å². The van der Waals surface area contributed by atoms with Crippen LogP contribution in [-0.4, -0.2) is 45.5 Å². The van der Waals surface area contributed by atoms with Crippen LogP contribution >= 0.6 is 0 Å². The van der Waals surface area contributed by atoms with E-state index >= 15 is 0 Å². The molecule has 25 heavy (non-hydrogen) atoms. The van der Waals surface area contributed by atoms with E-state index in [1.807, 2.05) is 4.90 Å². The van der Waals surface area contributed by atoms with Gasteiger partial charge in [-0.2, -0.15) is 0 Å². The third kappa shape index (κ3) is 2.86. The number of hydrogen-bond donors (Lipinski definition) is 0. The van der Waals surface area contributed by atoms with E-state index in [1.165, 1.54) is 16.8 Å². The van der Waals surface area contributed by atoms with Gasteiger partial charge in [0.05, 0.1) is 19.8 Å². The summed E-state index contributed by atoms with van der Waals surface area (Å²) in [6, 6.07) is 3.13. The van der Waals surface area contributed by atoms with Gasteiger partial charge in [-0.05, 0) is 18.2 Å². The Morgan fingerprint density at radius 2 is 2.00 bits per heavy atom. The normalized spacial score (nSPS) is 15.0. The predicted octanol–water partition coefficient (Wildman–Crippen LogP) is 1.05. The fraction of sp³-hybridized carbons (Fsp3) is 0.312. The van der Waals surface area contributed by atoms with Crippen LogP contribution in [0.3, 0.4) is 0 Å². The highest BCUT2D eigenvalue weighted by atomic mass is 19.1. The molecule has 0 saturated carbocycles. The molecule has 0 amide bonds. The maximum Gasteiger partial charge on any atom is 0.350 e. The second kappa shape index (κ2) is 6.25. The van der Waals surface area contributed by atoms with E-state index in [0.717, 1.165) is 22.9 Å². The number of aromatic nitrogens is 4. The summed E-state index contributed by atoms with van der Waals surface area (Å²) in [5.74, 6) is -0.581. The van der Waals surface area contributed by atoms with Crippen LogP contribution in [-0.2, 0) is 11.3 Å². The molecule has 0 bridgehead atoms. The topological polar surface area (TPSA) is 64.7 Å². The first kappa shape index (κ1) is 15.7. The first-order chi connectivity index (χ1) is 12.1. The summed E-state index contributed by atoms with van der Waals surface area (Å²) in [7, 11) is 0. The van der Waals surface area contributed by atoms with Crippen LogP contribution in [0.1, 0.15) is 5.56 Å². The highest BCUT2D eigenvalue weighted by molar-refractivity contribution is 5.63. The lowest BCUT2D eigenvalue weighted by molar-refractivity contribution is 0.122. The Kier molecular flexibility index (Phi) is 3.92. The van der Waals surface area contributed by atoms with Crippen LogP contribution in [0.15, 0.2) is 35.4 Å². The van der Waals surface area contributed by atoms with Crippen molar-refractivity contribution in [2.45, 2.75) is 6.54 Å². The fourth-order valence-corrected chi connectivity index (χ4v) is 2.86. The molecular formula is C16H15F2N5O2. The maximum absolute atomic E-state index is 13.9. The Morgan fingerprint density at radius 3 is 2.80 bits per heavy atom. The summed E-state index contributed by atoms with van der Waals surface area (Å²) in [5, 5.41) is 4.29. The van der Waals surface area contributed by atoms with E-state index < -0.39 is 17.3 Å². The molecule has 3 aromatic rings. The highest BCUT2D eigenvalue weighted by Gasteiger charge is 2.19. The van der Waals surface area contributed by atoms with Gasteiger partial charge in [-0.25, -0.2) is 27.6 Å². The molecule has 1 aliphatic rings. The van der Waals surface area contributed by atoms with Crippen LogP contribution < -0.4 is 10.6 Å². The Balaban J connectivity index is 1.77. The zero-order chi connectivity index (χ0) is 17.4. The molecule has 1 fully saturated rings. The van der Waals surface area contributed by atoms with Gasteiger partial charge in [0.15, 0.2) is 5.82 Å². The third-order valence-corrected chi connectivity index (χ3v) is 4.12. The minimum absolute atomic E-state index is 0.0615. The number of anilines is 1. The molecule has 0 radical (unpaired) electrons. The first-order valence-corrected chi connectivity index (χ1v) is 7.84. The molecule has 0 atom stereocenters. The second-order valence-corrected chi connectivity index (χ2v) is 5.72. The highest BCUT2D eigenvalue weighted by Crippen LogP contribution is 2.17. The number of halogens is 2. The molecule has 1 aromatic carbocycles. The van der Waals surface area contributed by atoms with Crippen LogP contribution in [0.5, 0.6) is 0 Å². The lowest BCUT2D eigenvalue weighted by Gasteiger charge is -2.27. The number of morpholine rings is 1. The summed E-state index contributed by atoms with van der Waals surface area (Å²) in [5.41, 5.74) is 0.00756. The van der Waals surface area contributed by atoms with E-state index in [0.29, 0.717) is 37.8 Å². The zero-order valence-electron chi connectivity index (χ0n) is 13.2. The number of benzene rings is 1. The summed E-state index contributed by atoms with van der Waals surface area (Å²) >= 11 is 0. The van der Waals surface area contributed by atoms with E-state index in [4.69, 9.17) is 4.74 Å². The third-order valence-electron chi connectivity index (χ3n) is 4.12. The minimum Gasteiger partial charge on any atom is -0.378 e. The molecular weight excluding hydrogens is 332 g/mol. The Hall–Kier alpha value is -2.81. The van der Waals surface area contributed by atoms with Gasteiger partial charge in [0, 0.05) is 31.0 Å². The standard InChI is InChI=1S/C16H15F2N5O2/c17-12-1-2-13(18)11(9-12)10-23-16(24)22-4-3-19-14(15(22)20-23)21-5-7-25-8-6-21/h1-4,9H,5-8,10H2. The van der Waals surface area contributed by atoms with E-state index in [-0.39, 0.29) is 12.1 Å². The number of ether oxygens (including phenoxy) is 1. The largest absolute Gasteiger partial charge is 0.378 e. The fourth-order valence-electron chi connectivity index (χ4n) is 2.86. The average Bonchev–Trinajstić information content (AvgIpc) is 2.95. The van der Waals surface area contributed by atoms with Gasteiger partial charge >= 0.3 is 5.69 Å². The molecule has 1 saturated heterocycles. The van der Waals surface area contributed by atoms with Gasteiger partial charge < -0.3 is 9.64 Å². The maximum atomic E-state index is 13.9. The molecule has 0 unspecified atom stereocenters. The smallest absolute Gasteiger partial charge is 0.350 e. The minimum atomic E-state index is -0.586. The molecule has 9 heteroatoms. The summed E-state index contributed by atoms with van der Waals surface area (Å²) in [6.07, 6.45) is 3.03. The molecule has 4 rings (SSSR count). The molecule has 1 aliphatic heterocycles. The van der Waals surface area contributed by atoms with E-state index in [2.05, 4.69) is 10.1 Å². The number of nitrogens with zero attached hydrogens (tertiary/aromatic N) is 5. The molecule has 0 N–H and O–H groups in total. The number of fused-ring (bicyclic) bond motifs is 1. The van der Waals surface area contributed by atoms with Gasteiger partial charge in [0.25, 0.3) is 0 Å². The van der Waals surface area contributed by atoms with Crippen LogP contribution in [0, 0.1) is 11.6 Å². The van der Waals surface area contributed by atoms with Crippen molar-refractivity contribution >= 4 is 11.5 Å². The Morgan fingerprint density at radius 1 is 1.20 bits per heavy atom. The van der Waals surface area contributed by atoms with E-state index in [9.17, 15) is 13.6 Å². The Bertz CT molecular complexity index is 978. The molecule has 0 aliphatic carbocycles. The quantitative estimate of drug-likeness (QED) is 0.709. The molecule has 0 spiro atoms. The Labute approximate surface area is 141 Å². The van der Waals surface area contributed by atoms with Crippen molar-refractivity contribution in [3.05, 3.63) is 58.3 Å². The zero-order valence-corrected chi connectivity index (χ0v) is 13.2. The lowest BCUT2D eigenvalue weighted by atomic mass is 10.2. The van der Waals surface area contributed by atoms with Gasteiger partial charge in [0.1, 0.15) is 11.6 Å². The second-order valence-electron chi connectivity index (χ2n) is 5.72. The summed E-state index contributed by atoms with van der Waals surface area (Å²) < 4.78 is 35.0. The molecule has 130 valence electrons. The van der Waals surface area contributed by atoms with Gasteiger partial charge in [-0.15, -0.1) is 5.10 Å². The molecule has 3 heterocycles. The predicted molar refractivity (Wildman–Crippen MR) is 85.7 cm³/mol. The van der Waals surface area contributed by atoms with Crippen molar-refractivity contribution in [1.82, 2.24) is 19.2 Å². The van der Waals surface area contributed by atoms with Gasteiger partial charge in [0.2, 0.25) is 5.65 Å². The molecule has 2 aromatic heterocycles. The lowest BCUT2D eigenvalue weighted by Crippen LogP contribution is -2.37. The van der Waals surface area contributed by atoms with Crippen molar-refractivity contribution in [2.75, 3.05) is 31.2 Å². The number of hydrogen-bond acceptors (Lipinski definition) is 5. The van der Waals surface area contributed by atoms with Crippen molar-refractivity contribution in [3.8, 4) is 0 Å². The summed E-state index contributed by atoms with van der Waals surface area (Å²) in [4.78, 5) is 18.8. The van der Waals surface area contributed by atoms with Crippen molar-refractivity contribution in [3.63, 3.8) is 0 Å². The van der Waals surface area contributed by atoms with Crippen LogP contribution in [0.4, 0.5) is 14.6 Å². The average molecular weight is 347 g/mol. The van der Waals surface area contributed by atoms with Crippen LogP contribution in [0.25, 0.3) is 5.65 Å². The van der Waals surface area contributed by atoms with Crippen molar-refractivity contribution < 1.29 is 13.5 Å². The monoisotopic (exact) mass is 347 g/mol.